The van der Waals surface area contributed by atoms with Crippen LogP contribution in [-0.4, -0.2) is 33.4 Å². The number of carbonyl (C=O) groups is 2. The molecule has 1 aliphatic rings. The second-order valence-corrected chi connectivity index (χ2v) is 6.24. The van der Waals surface area contributed by atoms with Crippen molar-refractivity contribution in [3.05, 3.63) is 48.5 Å². The number of rotatable bonds is 5. The third-order valence-corrected chi connectivity index (χ3v) is 4.45. The van der Waals surface area contributed by atoms with Crippen molar-refractivity contribution in [3.8, 4) is 0 Å². The van der Waals surface area contributed by atoms with Crippen molar-refractivity contribution in [2.24, 2.45) is 7.05 Å². The van der Waals surface area contributed by atoms with Crippen molar-refractivity contribution in [1.29, 1.82) is 0 Å². The highest BCUT2D eigenvalue weighted by molar-refractivity contribution is 6.01. The van der Waals surface area contributed by atoms with Gasteiger partial charge in [-0.15, -0.1) is 0 Å². The highest BCUT2D eigenvalue weighted by atomic mass is 16.2. The molecule has 2 amide bonds. The van der Waals surface area contributed by atoms with E-state index < -0.39 is 6.04 Å². The number of carbonyl (C=O) groups excluding carboxylic acids is 2. The summed E-state index contributed by atoms with van der Waals surface area (Å²) in [5, 5.41) is 2.88. The fourth-order valence-electron chi connectivity index (χ4n) is 3.16. The van der Waals surface area contributed by atoms with Crippen molar-refractivity contribution >= 4 is 17.5 Å². The van der Waals surface area contributed by atoms with Crippen LogP contribution in [-0.2, 0) is 23.1 Å². The van der Waals surface area contributed by atoms with Gasteiger partial charge in [0.05, 0.1) is 6.33 Å². The average molecular weight is 326 g/mol. The summed E-state index contributed by atoms with van der Waals surface area (Å²) >= 11 is 0. The van der Waals surface area contributed by atoms with Gasteiger partial charge in [0, 0.05) is 37.1 Å². The van der Waals surface area contributed by atoms with Gasteiger partial charge in [0.1, 0.15) is 6.04 Å². The molecule has 0 aliphatic carbocycles. The zero-order valence-electron chi connectivity index (χ0n) is 14.0. The van der Waals surface area contributed by atoms with Gasteiger partial charge in [-0.1, -0.05) is 18.2 Å². The van der Waals surface area contributed by atoms with Gasteiger partial charge in [-0.25, -0.2) is 4.98 Å². The quantitative estimate of drug-likeness (QED) is 0.909. The lowest BCUT2D eigenvalue weighted by Crippen LogP contribution is -2.42. The van der Waals surface area contributed by atoms with E-state index in [1.54, 1.807) is 17.4 Å². The number of anilines is 1. The topological polar surface area (TPSA) is 67.2 Å². The molecular formula is C18H22N4O2. The fourth-order valence-corrected chi connectivity index (χ4v) is 3.16. The number of amides is 2. The number of para-hydroxylation sites is 1. The molecule has 0 spiro atoms. The van der Waals surface area contributed by atoms with Crippen molar-refractivity contribution < 1.29 is 9.59 Å². The summed E-state index contributed by atoms with van der Waals surface area (Å²) in [6, 6.07) is 9.21. The number of nitrogens with one attached hydrogen (secondary N) is 1. The summed E-state index contributed by atoms with van der Waals surface area (Å²) in [7, 11) is 1.90. The molecule has 24 heavy (non-hydrogen) atoms. The molecule has 0 bridgehead atoms. The normalized spacial score (nSPS) is 20.4. The number of hydrogen-bond acceptors (Lipinski definition) is 3. The molecule has 2 atom stereocenters. The van der Waals surface area contributed by atoms with E-state index in [4.69, 9.17) is 0 Å². The molecule has 3 rings (SSSR count). The van der Waals surface area contributed by atoms with Crippen LogP contribution in [0.15, 0.2) is 42.9 Å². The Balaban J connectivity index is 1.59. The van der Waals surface area contributed by atoms with Crippen molar-refractivity contribution in [2.75, 3.05) is 4.90 Å². The van der Waals surface area contributed by atoms with Gasteiger partial charge in [-0.3, -0.25) is 9.59 Å². The van der Waals surface area contributed by atoms with Gasteiger partial charge in [-0.2, -0.15) is 0 Å². The van der Waals surface area contributed by atoms with Crippen LogP contribution < -0.4 is 10.2 Å². The highest BCUT2D eigenvalue weighted by Crippen LogP contribution is 2.26. The minimum Gasteiger partial charge on any atom is -0.344 e. The van der Waals surface area contributed by atoms with Gasteiger partial charge < -0.3 is 14.8 Å². The predicted octanol–water partition coefficient (Wildman–Crippen LogP) is 1.66. The van der Waals surface area contributed by atoms with Gasteiger partial charge >= 0.3 is 0 Å². The minimum absolute atomic E-state index is 0.0393. The zero-order chi connectivity index (χ0) is 17.1. The second-order valence-electron chi connectivity index (χ2n) is 6.24. The van der Waals surface area contributed by atoms with E-state index >= 15 is 0 Å². The highest BCUT2D eigenvalue weighted by Gasteiger charge is 2.38. The summed E-state index contributed by atoms with van der Waals surface area (Å²) < 4.78 is 1.90. The first-order valence-electron chi connectivity index (χ1n) is 8.19. The maximum absolute atomic E-state index is 12.6. The summed E-state index contributed by atoms with van der Waals surface area (Å²) in [6.07, 6.45) is 5.07. The van der Waals surface area contributed by atoms with Crippen molar-refractivity contribution in [2.45, 2.75) is 38.3 Å². The van der Waals surface area contributed by atoms with Crippen LogP contribution in [0, 0.1) is 0 Å². The van der Waals surface area contributed by atoms with E-state index in [9.17, 15) is 9.59 Å². The van der Waals surface area contributed by atoms with E-state index in [2.05, 4.69) is 10.3 Å². The lowest BCUT2D eigenvalue weighted by molar-refractivity contribution is -0.126. The summed E-state index contributed by atoms with van der Waals surface area (Å²) in [4.78, 5) is 30.6. The zero-order valence-corrected chi connectivity index (χ0v) is 14.0. The number of hydrogen-bond donors (Lipinski definition) is 1. The fraction of sp³-hybridized carbons (Fsp3) is 0.389. The van der Waals surface area contributed by atoms with E-state index in [-0.39, 0.29) is 17.9 Å². The molecule has 2 heterocycles. The number of aryl methyl sites for hydroxylation is 2. The van der Waals surface area contributed by atoms with Crippen molar-refractivity contribution in [1.82, 2.24) is 14.9 Å². The van der Waals surface area contributed by atoms with Gasteiger partial charge in [0.15, 0.2) is 0 Å². The van der Waals surface area contributed by atoms with E-state index in [1.165, 1.54) is 0 Å². The molecule has 0 unspecified atom stereocenters. The van der Waals surface area contributed by atoms with Crippen LogP contribution >= 0.6 is 0 Å². The smallest absolute Gasteiger partial charge is 0.249 e. The summed E-state index contributed by atoms with van der Waals surface area (Å²) in [5.41, 5.74) is 1.88. The van der Waals surface area contributed by atoms with Gasteiger partial charge in [-0.05, 0) is 31.9 Å². The second kappa shape index (κ2) is 6.86. The van der Waals surface area contributed by atoms with E-state index in [1.807, 2.05) is 48.9 Å². The average Bonchev–Trinajstić information content (AvgIpc) is 3.09. The molecule has 6 nitrogen and oxygen atoms in total. The number of benzene rings is 1. The third-order valence-electron chi connectivity index (χ3n) is 4.45. The monoisotopic (exact) mass is 326 g/mol. The molecule has 1 N–H and O–H groups in total. The number of imidazole rings is 1. The first-order chi connectivity index (χ1) is 11.6. The Bertz CT molecular complexity index is 726. The van der Waals surface area contributed by atoms with Crippen LogP contribution in [0.25, 0.3) is 0 Å². The molecule has 0 saturated carbocycles. The molecule has 1 aromatic heterocycles. The van der Waals surface area contributed by atoms with E-state index in [0.717, 1.165) is 11.4 Å². The van der Waals surface area contributed by atoms with Crippen molar-refractivity contribution in [3.63, 3.8) is 0 Å². The van der Waals surface area contributed by atoms with Gasteiger partial charge in [0.25, 0.3) is 0 Å². The molecular weight excluding hydrogens is 304 g/mol. The Hall–Kier alpha value is -2.63. The largest absolute Gasteiger partial charge is 0.344 e. The molecule has 1 saturated heterocycles. The standard InChI is InChI=1S/C18H22N4O2/c1-13-10-16(18(24)22(13)14-6-4-3-5-7-14)20-17(23)9-8-15-11-19-12-21(15)2/h3-7,11-13,16H,8-10H2,1-2H3,(H,20,23)/t13-,16+/m0/s1. The summed E-state index contributed by atoms with van der Waals surface area (Å²) in [5.74, 6) is -0.140. The molecule has 2 aromatic rings. The Morgan fingerprint density at radius 3 is 2.75 bits per heavy atom. The van der Waals surface area contributed by atoms with Crippen LogP contribution in [0.5, 0.6) is 0 Å². The Kier molecular flexibility index (Phi) is 4.64. The molecule has 126 valence electrons. The summed E-state index contributed by atoms with van der Waals surface area (Å²) in [6.45, 7) is 2.01. The van der Waals surface area contributed by atoms with E-state index in [0.29, 0.717) is 19.3 Å². The molecule has 0 radical (unpaired) electrons. The van der Waals surface area contributed by atoms with Crippen LogP contribution in [0.3, 0.4) is 0 Å². The Morgan fingerprint density at radius 2 is 2.08 bits per heavy atom. The first-order valence-corrected chi connectivity index (χ1v) is 8.19. The third kappa shape index (κ3) is 3.32. The SMILES string of the molecule is C[C@H]1C[C@@H](NC(=O)CCc2cncn2C)C(=O)N1c1ccccc1. The van der Waals surface area contributed by atoms with Gasteiger partial charge in [0.2, 0.25) is 11.8 Å². The maximum Gasteiger partial charge on any atom is 0.249 e. The Labute approximate surface area is 141 Å². The predicted molar refractivity (Wildman–Crippen MR) is 91.5 cm³/mol. The Morgan fingerprint density at radius 1 is 1.33 bits per heavy atom. The molecule has 1 aromatic carbocycles. The first kappa shape index (κ1) is 16.2. The number of nitrogens with zero attached hydrogens (tertiary/aromatic N) is 3. The molecule has 6 heteroatoms. The minimum atomic E-state index is -0.445. The molecule has 1 aliphatic heterocycles. The molecule has 1 fully saturated rings. The lowest BCUT2D eigenvalue weighted by Gasteiger charge is -2.21. The number of aromatic nitrogens is 2. The lowest BCUT2D eigenvalue weighted by atomic mass is 10.1. The van der Waals surface area contributed by atoms with Crippen LogP contribution in [0.4, 0.5) is 5.69 Å². The maximum atomic E-state index is 12.6. The van der Waals surface area contributed by atoms with Crippen LogP contribution in [0.1, 0.15) is 25.5 Å². The van der Waals surface area contributed by atoms with Crippen LogP contribution in [0.2, 0.25) is 0 Å².